The van der Waals surface area contributed by atoms with Crippen molar-refractivity contribution in [2.75, 3.05) is 0 Å². The van der Waals surface area contributed by atoms with Crippen molar-refractivity contribution in [1.29, 1.82) is 0 Å². The van der Waals surface area contributed by atoms with Crippen LogP contribution >= 0.6 is 15.9 Å². The fourth-order valence-electron chi connectivity index (χ4n) is 0.899. The molecule has 1 rings (SSSR count). The summed E-state index contributed by atoms with van der Waals surface area (Å²) in [4.78, 5) is 0. The number of aliphatic hydroxyl groups excluding tert-OH is 1. The van der Waals surface area contributed by atoms with Gasteiger partial charge in [-0.1, -0.05) is 22.0 Å². The molecule has 13 heavy (non-hydrogen) atoms. The molecule has 0 aliphatic carbocycles. The zero-order valence-electron chi connectivity index (χ0n) is 6.51. The van der Waals surface area contributed by atoms with Crippen LogP contribution in [0, 0.1) is 0 Å². The third kappa shape index (κ3) is 2.63. The van der Waals surface area contributed by atoms with Crippen LogP contribution in [0.3, 0.4) is 0 Å². The summed E-state index contributed by atoms with van der Waals surface area (Å²) in [5.74, 6) is -0.00752. The Morgan fingerprint density at radius 2 is 2.15 bits per heavy atom. The first-order valence-corrected chi connectivity index (χ1v) is 4.27. The van der Waals surface area contributed by atoms with Gasteiger partial charge in [-0.05, 0) is 12.1 Å². The molecule has 0 saturated carbocycles. The summed E-state index contributed by atoms with van der Waals surface area (Å²) >= 11 is 3.11. The molecular weight excluding hydrogens is 246 g/mol. The van der Waals surface area contributed by atoms with Crippen molar-refractivity contribution in [3.8, 4) is 5.75 Å². The second-order valence-electron chi connectivity index (χ2n) is 2.25. The molecule has 0 aliphatic heterocycles. The van der Waals surface area contributed by atoms with E-state index in [4.69, 9.17) is 5.11 Å². The van der Waals surface area contributed by atoms with Gasteiger partial charge in [0.2, 0.25) is 0 Å². The van der Waals surface area contributed by atoms with E-state index in [1.165, 1.54) is 6.07 Å². The van der Waals surface area contributed by atoms with E-state index in [0.717, 1.165) is 0 Å². The lowest BCUT2D eigenvalue weighted by Crippen LogP contribution is -2.04. The number of ether oxygens (including phenoxy) is 1. The average Bonchev–Trinajstić information content (AvgIpc) is 2.03. The van der Waals surface area contributed by atoms with Gasteiger partial charge in [-0.2, -0.15) is 8.78 Å². The molecule has 5 heteroatoms. The van der Waals surface area contributed by atoms with Crippen LogP contribution in [0.5, 0.6) is 5.75 Å². The first-order valence-electron chi connectivity index (χ1n) is 3.48. The Balaban J connectivity index is 2.98. The predicted molar refractivity (Wildman–Crippen MR) is 46.7 cm³/mol. The SMILES string of the molecule is OCc1c(Br)cccc1OC(F)F. The molecule has 0 saturated heterocycles. The molecule has 0 fully saturated rings. The van der Waals surface area contributed by atoms with Crippen molar-refractivity contribution in [2.45, 2.75) is 13.2 Å². The number of hydrogen-bond acceptors (Lipinski definition) is 2. The molecule has 0 radical (unpaired) electrons. The van der Waals surface area contributed by atoms with Crippen LogP contribution in [0.15, 0.2) is 22.7 Å². The van der Waals surface area contributed by atoms with E-state index < -0.39 is 6.61 Å². The number of hydrogen-bond donors (Lipinski definition) is 1. The maximum absolute atomic E-state index is 11.8. The van der Waals surface area contributed by atoms with Gasteiger partial charge in [0.05, 0.1) is 6.61 Å². The Morgan fingerprint density at radius 1 is 1.46 bits per heavy atom. The Labute approximate surface area is 82.3 Å². The summed E-state index contributed by atoms with van der Waals surface area (Å²) in [6, 6.07) is 4.58. The minimum Gasteiger partial charge on any atom is -0.434 e. The Kier molecular flexibility index (Phi) is 3.62. The second-order valence-corrected chi connectivity index (χ2v) is 3.11. The molecular formula is C8H7BrF2O2. The van der Waals surface area contributed by atoms with Gasteiger partial charge in [-0.3, -0.25) is 0 Å². The highest BCUT2D eigenvalue weighted by atomic mass is 79.9. The molecule has 0 aliphatic rings. The fourth-order valence-corrected chi connectivity index (χ4v) is 1.37. The van der Waals surface area contributed by atoms with Crippen LogP contribution in [0.2, 0.25) is 0 Å². The lowest BCUT2D eigenvalue weighted by atomic mass is 10.2. The number of benzene rings is 1. The summed E-state index contributed by atoms with van der Waals surface area (Å²) in [6.07, 6.45) is 0. The first kappa shape index (κ1) is 10.4. The number of alkyl halides is 2. The van der Waals surface area contributed by atoms with Gasteiger partial charge in [0.1, 0.15) is 5.75 Å². The number of rotatable bonds is 3. The molecule has 0 aromatic heterocycles. The van der Waals surface area contributed by atoms with Crippen molar-refractivity contribution in [2.24, 2.45) is 0 Å². The largest absolute Gasteiger partial charge is 0.434 e. The van der Waals surface area contributed by atoms with Crippen molar-refractivity contribution in [3.05, 3.63) is 28.2 Å². The fraction of sp³-hybridized carbons (Fsp3) is 0.250. The summed E-state index contributed by atoms with van der Waals surface area (Å²) in [5.41, 5.74) is 0.322. The van der Waals surface area contributed by atoms with E-state index in [9.17, 15) is 8.78 Å². The van der Waals surface area contributed by atoms with Crippen LogP contribution in [-0.4, -0.2) is 11.7 Å². The summed E-state index contributed by atoms with van der Waals surface area (Å²) < 4.78 is 28.4. The second kappa shape index (κ2) is 4.53. The van der Waals surface area contributed by atoms with Gasteiger partial charge in [0.25, 0.3) is 0 Å². The van der Waals surface area contributed by atoms with E-state index in [1.54, 1.807) is 12.1 Å². The first-order chi connectivity index (χ1) is 6.15. The lowest BCUT2D eigenvalue weighted by molar-refractivity contribution is -0.0509. The Hall–Kier alpha value is -0.680. The average molecular weight is 253 g/mol. The molecule has 2 nitrogen and oxygen atoms in total. The van der Waals surface area contributed by atoms with Crippen molar-refractivity contribution >= 4 is 15.9 Å². The van der Waals surface area contributed by atoms with Gasteiger partial charge >= 0.3 is 6.61 Å². The zero-order chi connectivity index (χ0) is 9.84. The smallest absolute Gasteiger partial charge is 0.387 e. The molecule has 1 aromatic rings. The highest BCUT2D eigenvalue weighted by Gasteiger charge is 2.10. The van der Waals surface area contributed by atoms with Gasteiger partial charge in [-0.25, -0.2) is 0 Å². The number of halogens is 3. The molecule has 72 valence electrons. The van der Waals surface area contributed by atoms with Gasteiger partial charge < -0.3 is 9.84 Å². The summed E-state index contributed by atoms with van der Waals surface area (Å²) in [6.45, 7) is -3.22. The highest BCUT2D eigenvalue weighted by molar-refractivity contribution is 9.10. The van der Waals surface area contributed by atoms with E-state index in [-0.39, 0.29) is 12.4 Å². The third-order valence-corrected chi connectivity index (χ3v) is 2.19. The Bertz CT molecular complexity index is 291. The van der Waals surface area contributed by atoms with Gasteiger partial charge in [-0.15, -0.1) is 0 Å². The van der Waals surface area contributed by atoms with Crippen molar-refractivity contribution in [1.82, 2.24) is 0 Å². The lowest BCUT2D eigenvalue weighted by Gasteiger charge is -2.09. The zero-order valence-corrected chi connectivity index (χ0v) is 8.09. The molecule has 1 aromatic carbocycles. The maximum Gasteiger partial charge on any atom is 0.387 e. The normalized spacial score (nSPS) is 10.5. The molecule has 0 bridgehead atoms. The predicted octanol–water partition coefficient (Wildman–Crippen LogP) is 2.54. The molecule has 0 amide bonds. The van der Waals surface area contributed by atoms with Gasteiger partial charge in [0, 0.05) is 10.0 Å². The topological polar surface area (TPSA) is 29.5 Å². The van der Waals surface area contributed by atoms with E-state index in [0.29, 0.717) is 10.0 Å². The van der Waals surface area contributed by atoms with Crippen molar-refractivity contribution in [3.63, 3.8) is 0 Å². The third-order valence-electron chi connectivity index (χ3n) is 1.45. The van der Waals surface area contributed by atoms with Crippen LogP contribution in [0.25, 0.3) is 0 Å². The molecule has 0 spiro atoms. The maximum atomic E-state index is 11.8. The van der Waals surface area contributed by atoms with E-state index in [2.05, 4.69) is 20.7 Å². The van der Waals surface area contributed by atoms with E-state index in [1.807, 2.05) is 0 Å². The Morgan fingerprint density at radius 3 is 2.69 bits per heavy atom. The monoisotopic (exact) mass is 252 g/mol. The minimum absolute atomic E-state index is 0.00752. The summed E-state index contributed by atoms with van der Waals surface area (Å²) in [7, 11) is 0. The van der Waals surface area contributed by atoms with Crippen LogP contribution < -0.4 is 4.74 Å². The van der Waals surface area contributed by atoms with Gasteiger partial charge in [0.15, 0.2) is 0 Å². The molecule has 1 N–H and O–H groups in total. The minimum atomic E-state index is -2.88. The van der Waals surface area contributed by atoms with Crippen LogP contribution in [0.1, 0.15) is 5.56 Å². The van der Waals surface area contributed by atoms with E-state index >= 15 is 0 Å². The standard InChI is InChI=1S/C8H7BrF2O2/c9-6-2-1-3-7(5(6)4-12)13-8(10)11/h1-3,8,12H,4H2. The summed E-state index contributed by atoms with van der Waals surface area (Å²) in [5, 5.41) is 8.86. The molecule has 0 heterocycles. The molecule has 0 atom stereocenters. The van der Waals surface area contributed by atoms with Crippen LogP contribution in [-0.2, 0) is 6.61 Å². The quantitative estimate of drug-likeness (QED) is 0.896. The number of aliphatic hydroxyl groups is 1. The molecule has 0 unspecified atom stereocenters. The van der Waals surface area contributed by atoms with Crippen LogP contribution in [0.4, 0.5) is 8.78 Å². The highest BCUT2D eigenvalue weighted by Crippen LogP contribution is 2.27. The van der Waals surface area contributed by atoms with Crippen molar-refractivity contribution < 1.29 is 18.6 Å².